The van der Waals surface area contributed by atoms with Crippen molar-refractivity contribution in [1.29, 1.82) is 0 Å². The Bertz CT molecular complexity index is 400. The minimum atomic E-state index is 0.0705. The van der Waals surface area contributed by atoms with Crippen LogP contribution in [0.25, 0.3) is 0 Å². The van der Waals surface area contributed by atoms with Gasteiger partial charge in [-0.2, -0.15) is 0 Å². The minimum absolute atomic E-state index is 0.0705. The van der Waals surface area contributed by atoms with Crippen molar-refractivity contribution in [2.24, 2.45) is 0 Å². The van der Waals surface area contributed by atoms with Gasteiger partial charge in [-0.15, -0.1) is 0 Å². The van der Waals surface area contributed by atoms with Gasteiger partial charge in [-0.1, -0.05) is 98.3 Å². The molecule has 0 aliphatic carbocycles. The summed E-state index contributed by atoms with van der Waals surface area (Å²) in [4.78, 5) is 0. The fraction of sp³-hybridized carbons (Fsp3) is 0.818. The van der Waals surface area contributed by atoms with Crippen LogP contribution in [0.3, 0.4) is 0 Å². The van der Waals surface area contributed by atoms with E-state index in [1.165, 1.54) is 70.6 Å². The smallest absolute Gasteiger partial charge is 0.285 e. The van der Waals surface area contributed by atoms with Crippen molar-refractivity contribution >= 4 is 0 Å². The third kappa shape index (κ3) is 10.1. The molecule has 1 rings (SSSR count). The van der Waals surface area contributed by atoms with Crippen LogP contribution in [0.4, 0.5) is 0 Å². The second kappa shape index (κ2) is 12.4. The van der Waals surface area contributed by atoms with E-state index in [2.05, 4.69) is 34.0 Å². The molecular weight excluding hydrogens is 296 g/mol. The summed E-state index contributed by atoms with van der Waals surface area (Å²) in [7, 11) is 0. The molecule has 0 bridgehead atoms. The molecule has 0 unspecified atom stereocenters. The van der Waals surface area contributed by atoms with E-state index in [1.807, 2.05) is 6.07 Å². The molecule has 139 valence electrons. The Labute approximate surface area is 150 Å². The molecule has 1 radical (unpaired) electrons. The zero-order chi connectivity index (χ0) is 17.7. The molecule has 0 amide bonds. The van der Waals surface area contributed by atoms with Crippen LogP contribution in [0.2, 0.25) is 0 Å². The van der Waals surface area contributed by atoms with Gasteiger partial charge in [0.1, 0.15) is 0 Å². The zero-order valence-electron chi connectivity index (χ0n) is 16.6. The lowest BCUT2D eigenvalue weighted by Crippen LogP contribution is -2.09. The first-order valence-electron chi connectivity index (χ1n) is 10.2. The molecule has 1 heterocycles. The monoisotopic (exact) mass is 335 g/mol. The maximum Gasteiger partial charge on any atom is 0.285 e. The van der Waals surface area contributed by atoms with Gasteiger partial charge in [0.05, 0.1) is 6.61 Å². The van der Waals surface area contributed by atoms with Crippen molar-refractivity contribution in [3.63, 3.8) is 0 Å². The van der Waals surface area contributed by atoms with Crippen molar-refractivity contribution in [2.45, 2.75) is 110 Å². The summed E-state index contributed by atoms with van der Waals surface area (Å²) in [6.45, 7) is 9.50. The van der Waals surface area contributed by atoms with Crippen LogP contribution < -0.4 is 4.74 Å². The zero-order valence-corrected chi connectivity index (χ0v) is 16.6. The van der Waals surface area contributed by atoms with E-state index in [0.717, 1.165) is 18.6 Å². The Morgan fingerprint density at radius 2 is 1.33 bits per heavy atom. The number of hydrogen-bond donors (Lipinski definition) is 0. The van der Waals surface area contributed by atoms with Crippen molar-refractivity contribution in [2.75, 3.05) is 6.61 Å². The summed E-state index contributed by atoms with van der Waals surface area (Å²) in [5.41, 5.74) is 1.15. The molecule has 0 aliphatic rings. The Balaban J connectivity index is 1.88. The molecule has 0 atom stereocenters. The van der Waals surface area contributed by atoms with Crippen molar-refractivity contribution in [1.82, 2.24) is 0 Å². The van der Waals surface area contributed by atoms with E-state index in [4.69, 9.17) is 9.15 Å². The second-order valence-corrected chi connectivity index (χ2v) is 8.07. The highest BCUT2D eigenvalue weighted by Crippen LogP contribution is 2.27. The lowest BCUT2D eigenvalue weighted by atomic mass is 9.89. The van der Waals surface area contributed by atoms with E-state index >= 15 is 0 Å². The van der Waals surface area contributed by atoms with Gasteiger partial charge in [-0.3, -0.25) is 0 Å². The molecule has 0 fully saturated rings. The Kier molecular flexibility index (Phi) is 11.0. The third-order valence-corrected chi connectivity index (χ3v) is 4.57. The summed E-state index contributed by atoms with van der Waals surface area (Å²) < 4.78 is 11.0. The van der Waals surface area contributed by atoms with Crippen LogP contribution >= 0.6 is 0 Å². The Morgan fingerprint density at radius 1 is 0.833 bits per heavy atom. The molecule has 0 aromatic carbocycles. The van der Waals surface area contributed by atoms with Crippen LogP contribution in [-0.4, -0.2) is 6.61 Å². The van der Waals surface area contributed by atoms with Gasteiger partial charge >= 0.3 is 0 Å². The second-order valence-electron chi connectivity index (χ2n) is 8.07. The number of furan rings is 1. The van der Waals surface area contributed by atoms with Crippen molar-refractivity contribution < 1.29 is 9.15 Å². The van der Waals surface area contributed by atoms with Crippen LogP contribution in [0, 0.1) is 6.26 Å². The molecule has 0 saturated heterocycles. The summed E-state index contributed by atoms with van der Waals surface area (Å²) in [6, 6.07) is 1.97. The average Bonchev–Trinajstić information content (AvgIpc) is 3.01. The summed E-state index contributed by atoms with van der Waals surface area (Å²) in [6.07, 6.45) is 19.3. The van der Waals surface area contributed by atoms with E-state index in [0.29, 0.717) is 5.95 Å². The van der Waals surface area contributed by atoms with Crippen molar-refractivity contribution in [3.05, 3.63) is 17.9 Å². The summed E-state index contributed by atoms with van der Waals surface area (Å²) >= 11 is 0. The summed E-state index contributed by atoms with van der Waals surface area (Å²) in [5.74, 6) is 0.614. The van der Waals surface area contributed by atoms with Gasteiger partial charge in [-0.25, -0.2) is 0 Å². The first-order valence-corrected chi connectivity index (χ1v) is 10.2. The lowest BCUT2D eigenvalue weighted by Gasteiger charge is -2.13. The lowest BCUT2D eigenvalue weighted by molar-refractivity contribution is 0.234. The Hall–Kier alpha value is -0.920. The maximum absolute atomic E-state index is 5.68. The molecule has 2 nitrogen and oxygen atoms in total. The SMILES string of the molecule is CCCCCCCCCCCCCCOc1cc(C(C)(C)C)[c]o1. The van der Waals surface area contributed by atoms with Gasteiger partial charge in [-0.05, 0) is 11.8 Å². The molecule has 2 heteroatoms. The van der Waals surface area contributed by atoms with E-state index < -0.39 is 0 Å². The molecule has 0 saturated carbocycles. The van der Waals surface area contributed by atoms with E-state index in [-0.39, 0.29) is 5.41 Å². The Morgan fingerprint density at radius 3 is 1.79 bits per heavy atom. The van der Waals surface area contributed by atoms with Crippen molar-refractivity contribution in [3.8, 4) is 5.95 Å². The number of ether oxygens (including phenoxy) is 1. The number of unbranched alkanes of at least 4 members (excludes halogenated alkanes) is 11. The largest absolute Gasteiger partial charge is 0.465 e. The molecule has 0 spiro atoms. The predicted octanol–water partition coefficient (Wildman–Crippen LogP) is 7.46. The molecule has 1 aromatic rings. The molecule has 0 aliphatic heterocycles. The normalized spacial score (nSPS) is 11.8. The first-order chi connectivity index (χ1) is 11.5. The standard InChI is InChI=1S/C22H39O2/c1-5-6-7-8-9-10-11-12-13-14-15-16-17-23-21-18-20(19-24-21)22(2,3)4/h18H,5-17H2,1-4H3. The van der Waals surface area contributed by atoms with Crippen LogP contribution in [0.1, 0.15) is 110 Å². The van der Waals surface area contributed by atoms with Gasteiger partial charge in [0.15, 0.2) is 6.26 Å². The van der Waals surface area contributed by atoms with Gasteiger partial charge in [0.2, 0.25) is 0 Å². The van der Waals surface area contributed by atoms with E-state index in [1.54, 1.807) is 0 Å². The average molecular weight is 336 g/mol. The van der Waals surface area contributed by atoms with Gasteiger partial charge in [0.25, 0.3) is 5.95 Å². The highest BCUT2D eigenvalue weighted by atomic mass is 16.6. The quantitative estimate of drug-likeness (QED) is 0.329. The third-order valence-electron chi connectivity index (χ3n) is 4.57. The minimum Gasteiger partial charge on any atom is -0.465 e. The highest BCUT2D eigenvalue weighted by Gasteiger charge is 2.17. The molecular formula is C22H39O2. The van der Waals surface area contributed by atoms with E-state index in [9.17, 15) is 0 Å². The van der Waals surface area contributed by atoms with Crippen LogP contribution in [0.15, 0.2) is 10.5 Å². The predicted molar refractivity (Wildman–Crippen MR) is 103 cm³/mol. The first kappa shape index (κ1) is 21.1. The number of rotatable bonds is 14. The highest BCUT2D eigenvalue weighted by molar-refractivity contribution is 5.22. The topological polar surface area (TPSA) is 22.4 Å². The maximum atomic E-state index is 5.68. The molecule has 24 heavy (non-hydrogen) atoms. The van der Waals surface area contributed by atoms with Crippen LogP contribution in [0.5, 0.6) is 5.95 Å². The fourth-order valence-corrected chi connectivity index (χ4v) is 2.84. The number of hydrogen-bond acceptors (Lipinski definition) is 2. The molecule has 0 N–H and O–H groups in total. The van der Waals surface area contributed by atoms with Gasteiger partial charge in [0, 0.05) is 11.6 Å². The summed E-state index contributed by atoms with van der Waals surface area (Å²) in [5, 5.41) is 0. The van der Waals surface area contributed by atoms with Crippen LogP contribution in [-0.2, 0) is 5.41 Å². The molecule has 1 aromatic heterocycles. The van der Waals surface area contributed by atoms with Gasteiger partial charge < -0.3 is 9.15 Å². The fourth-order valence-electron chi connectivity index (χ4n) is 2.84.